The van der Waals surface area contributed by atoms with Crippen molar-refractivity contribution in [2.75, 3.05) is 18.0 Å². The number of aromatic nitrogens is 2. The summed E-state index contributed by atoms with van der Waals surface area (Å²) in [7, 11) is 0. The van der Waals surface area contributed by atoms with Crippen LogP contribution in [0.25, 0.3) is 11.3 Å². The first-order valence-electron chi connectivity index (χ1n) is 11.6. The summed E-state index contributed by atoms with van der Waals surface area (Å²) in [5.41, 5.74) is 2.07. The molecule has 0 spiro atoms. The van der Waals surface area contributed by atoms with Crippen molar-refractivity contribution in [2.24, 2.45) is 0 Å². The molecule has 0 saturated carbocycles. The van der Waals surface area contributed by atoms with E-state index in [1.54, 1.807) is 14.5 Å². The predicted octanol–water partition coefficient (Wildman–Crippen LogP) is 5.13. The second-order valence-electron chi connectivity index (χ2n) is 8.46. The van der Waals surface area contributed by atoms with Crippen molar-refractivity contribution in [3.8, 4) is 11.3 Å². The minimum absolute atomic E-state index is 0.100. The summed E-state index contributed by atoms with van der Waals surface area (Å²) in [6, 6.07) is 16.1. The number of hydrogen-bond donors (Lipinski definition) is 0. The lowest BCUT2D eigenvalue weighted by Crippen LogP contribution is -2.34. The van der Waals surface area contributed by atoms with E-state index < -0.39 is 11.7 Å². The number of amides is 2. The topological polar surface area (TPSA) is 58.4 Å². The molecule has 2 heterocycles. The van der Waals surface area contributed by atoms with Gasteiger partial charge in [-0.2, -0.15) is 18.3 Å². The second kappa shape index (κ2) is 10.3. The van der Waals surface area contributed by atoms with E-state index in [4.69, 9.17) is 0 Å². The Morgan fingerprint density at radius 3 is 2.37 bits per heavy atom. The largest absolute Gasteiger partial charge is 0.416 e. The van der Waals surface area contributed by atoms with Crippen LogP contribution in [0.2, 0.25) is 0 Å². The van der Waals surface area contributed by atoms with Crippen molar-refractivity contribution >= 4 is 17.5 Å². The third-order valence-electron chi connectivity index (χ3n) is 6.11. The van der Waals surface area contributed by atoms with E-state index in [9.17, 15) is 22.8 Å². The highest BCUT2D eigenvalue weighted by Crippen LogP contribution is 2.31. The van der Waals surface area contributed by atoms with Crippen molar-refractivity contribution in [3.63, 3.8) is 0 Å². The minimum atomic E-state index is -4.39. The Balaban J connectivity index is 1.40. The Labute approximate surface area is 202 Å². The van der Waals surface area contributed by atoms with E-state index in [0.29, 0.717) is 43.9 Å². The molecular formula is C26H27F3N4O2. The Kier molecular flexibility index (Phi) is 7.23. The summed E-state index contributed by atoms with van der Waals surface area (Å²) in [5, 5.41) is 4.55. The molecule has 184 valence electrons. The van der Waals surface area contributed by atoms with Gasteiger partial charge in [0, 0.05) is 43.7 Å². The summed E-state index contributed by atoms with van der Waals surface area (Å²) in [6.45, 7) is 3.93. The highest BCUT2D eigenvalue weighted by Gasteiger charge is 2.30. The molecule has 0 atom stereocenters. The number of nitrogens with zero attached hydrogens (tertiary/aromatic N) is 4. The number of hydrogen-bond acceptors (Lipinski definition) is 3. The van der Waals surface area contributed by atoms with E-state index in [0.717, 1.165) is 23.5 Å². The molecule has 1 aliphatic rings. The molecule has 3 aromatic rings. The van der Waals surface area contributed by atoms with Gasteiger partial charge in [-0.15, -0.1) is 0 Å². The molecule has 0 saturated heterocycles. The molecule has 2 aromatic carbocycles. The average Bonchev–Trinajstić information content (AvgIpc) is 3.14. The van der Waals surface area contributed by atoms with Crippen molar-refractivity contribution in [1.82, 2.24) is 14.7 Å². The average molecular weight is 485 g/mol. The predicted molar refractivity (Wildman–Crippen MR) is 126 cm³/mol. The summed E-state index contributed by atoms with van der Waals surface area (Å²) in [5.74, 6) is -0.204. The Morgan fingerprint density at radius 1 is 1.00 bits per heavy atom. The number of para-hydroxylation sites is 1. The third kappa shape index (κ3) is 5.72. The normalized spacial score (nSPS) is 13.8. The van der Waals surface area contributed by atoms with Gasteiger partial charge in [-0.1, -0.05) is 30.3 Å². The van der Waals surface area contributed by atoms with Crippen LogP contribution in [0.5, 0.6) is 0 Å². The molecule has 0 N–H and O–H groups in total. The zero-order valence-electron chi connectivity index (χ0n) is 19.5. The van der Waals surface area contributed by atoms with E-state index in [1.807, 2.05) is 43.3 Å². The number of anilines is 1. The quantitative estimate of drug-likeness (QED) is 0.487. The van der Waals surface area contributed by atoms with Crippen LogP contribution in [-0.4, -0.2) is 39.6 Å². The molecule has 0 radical (unpaired) electrons. The number of rotatable bonds is 6. The second-order valence-corrected chi connectivity index (χ2v) is 8.46. The van der Waals surface area contributed by atoms with Crippen molar-refractivity contribution < 1.29 is 22.8 Å². The van der Waals surface area contributed by atoms with Crippen LogP contribution in [0, 0.1) is 0 Å². The van der Waals surface area contributed by atoms with Crippen LogP contribution in [-0.2, 0) is 28.9 Å². The maximum absolute atomic E-state index is 12.9. The van der Waals surface area contributed by atoms with Gasteiger partial charge in [0.15, 0.2) is 0 Å². The van der Waals surface area contributed by atoms with Crippen molar-refractivity contribution in [2.45, 2.75) is 45.5 Å². The summed E-state index contributed by atoms with van der Waals surface area (Å²) >= 11 is 0. The lowest BCUT2D eigenvalue weighted by molar-refractivity contribution is -0.137. The maximum Gasteiger partial charge on any atom is 0.416 e. The van der Waals surface area contributed by atoms with Gasteiger partial charge in [0.2, 0.25) is 11.8 Å². The van der Waals surface area contributed by atoms with Crippen LogP contribution >= 0.6 is 0 Å². The van der Waals surface area contributed by atoms with Crippen LogP contribution in [0.4, 0.5) is 18.9 Å². The zero-order chi connectivity index (χ0) is 25.0. The first kappa shape index (κ1) is 24.5. The van der Waals surface area contributed by atoms with Gasteiger partial charge in [-0.25, -0.2) is 0 Å². The Bertz CT molecular complexity index is 1170. The number of fused-ring (bicyclic) bond motifs is 1. The summed E-state index contributed by atoms with van der Waals surface area (Å²) in [6.07, 6.45) is -3.45. The molecule has 0 bridgehead atoms. The SMILES string of the molecule is CCN(C(=O)CCC(=O)N1CCCn2nc(-c3ccc(C(F)(F)F)cc3)cc2C1)c1ccccc1. The van der Waals surface area contributed by atoms with Gasteiger partial charge in [0.05, 0.1) is 23.5 Å². The van der Waals surface area contributed by atoms with Crippen LogP contribution in [0.1, 0.15) is 37.4 Å². The van der Waals surface area contributed by atoms with Gasteiger partial charge >= 0.3 is 6.18 Å². The first-order chi connectivity index (χ1) is 16.8. The van der Waals surface area contributed by atoms with Crippen LogP contribution < -0.4 is 4.90 Å². The van der Waals surface area contributed by atoms with E-state index in [2.05, 4.69) is 5.10 Å². The molecule has 9 heteroatoms. The smallest absolute Gasteiger partial charge is 0.337 e. The van der Waals surface area contributed by atoms with E-state index in [1.165, 1.54) is 12.1 Å². The molecule has 0 unspecified atom stereocenters. The van der Waals surface area contributed by atoms with Crippen LogP contribution in [0.15, 0.2) is 60.7 Å². The van der Waals surface area contributed by atoms with Crippen molar-refractivity contribution in [1.29, 1.82) is 0 Å². The van der Waals surface area contributed by atoms with Gasteiger partial charge in [0.1, 0.15) is 0 Å². The standard InChI is InChI=1S/C26H27F3N4O2/c1-2-32(21-7-4-3-5-8-21)25(35)14-13-24(34)31-15-6-16-33-22(18-31)17-23(30-33)19-9-11-20(12-10-19)26(27,28)29/h3-5,7-12,17H,2,6,13-16,18H2,1H3. The molecule has 0 aliphatic carbocycles. The monoisotopic (exact) mass is 484 g/mol. The number of benzene rings is 2. The third-order valence-corrected chi connectivity index (χ3v) is 6.11. The van der Waals surface area contributed by atoms with Gasteiger partial charge < -0.3 is 9.80 Å². The van der Waals surface area contributed by atoms with E-state index in [-0.39, 0.29) is 24.7 Å². The number of carbonyl (C=O) groups is 2. The number of halogens is 3. The molecule has 6 nitrogen and oxygen atoms in total. The fourth-order valence-electron chi connectivity index (χ4n) is 4.26. The lowest BCUT2D eigenvalue weighted by atomic mass is 10.1. The molecule has 2 amide bonds. The summed E-state index contributed by atoms with van der Waals surface area (Å²) in [4.78, 5) is 29.1. The van der Waals surface area contributed by atoms with Gasteiger partial charge in [0.25, 0.3) is 0 Å². The molecule has 1 aliphatic heterocycles. The highest BCUT2D eigenvalue weighted by molar-refractivity contribution is 5.95. The molecular weight excluding hydrogens is 457 g/mol. The number of carbonyl (C=O) groups excluding carboxylic acids is 2. The number of alkyl halides is 3. The number of aryl methyl sites for hydroxylation is 1. The minimum Gasteiger partial charge on any atom is -0.337 e. The van der Waals surface area contributed by atoms with E-state index >= 15 is 0 Å². The van der Waals surface area contributed by atoms with Gasteiger partial charge in [-0.3, -0.25) is 14.3 Å². The first-order valence-corrected chi connectivity index (χ1v) is 11.6. The highest BCUT2D eigenvalue weighted by atomic mass is 19.4. The molecule has 0 fully saturated rings. The molecule has 4 rings (SSSR count). The van der Waals surface area contributed by atoms with Crippen LogP contribution in [0.3, 0.4) is 0 Å². The fourth-order valence-corrected chi connectivity index (χ4v) is 4.26. The Morgan fingerprint density at radius 2 is 1.71 bits per heavy atom. The summed E-state index contributed by atoms with van der Waals surface area (Å²) < 4.78 is 40.4. The molecule has 1 aromatic heterocycles. The maximum atomic E-state index is 12.9. The zero-order valence-corrected chi connectivity index (χ0v) is 19.5. The molecule has 35 heavy (non-hydrogen) atoms. The lowest BCUT2D eigenvalue weighted by Gasteiger charge is -2.23. The Hall–Kier alpha value is -3.62. The van der Waals surface area contributed by atoms with Crippen molar-refractivity contribution in [3.05, 3.63) is 71.9 Å². The van der Waals surface area contributed by atoms with Gasteiger partial charge in [-0.05, 0) is 43.7 Å². The fraction of sp³-hybridized carbons (Fsp3) is 0.346.